The normalized spacial score (nSPS) is 23.6. The molecule has 0 aliphatic carbocycles. The first-order chi connectivity index (χ1) is 9.06. The SMILES string of the molecule is CCC1NC(=O)C(CC)N(Cc2cc(C)on2)C1=O. The van der Waals surface area contributed by atoms with Crippen molar-refractivity contribution in [3.8, 4) is 0 Å². The number of hydrogen-bond acceptors (Lipinski definition) is 4. The Morgan fingerprint density at radius 2 is 2.11 bits per heavy atom. The number of nitrogens with one attached hydrogen (secondary N) is 1. The van der Waals surface area contributed by atoms with E-state index in [0.717, 1.165) is 0 Å². The zero-order chi connectivity index (χ0) is 14.0. The Balaban J connectivity index is 2.21. The Morgan fingerprint density at radius 1 is 1.37 bits per heavy atom. The highest BCUT2D eigenvalue weighted by Crippen LogP contribution is 2.18. The van der Waals surface area contributed by atoms with Gasteiger partial charge < -0.3 is 14.7 Å². The van der Waals surface area contributed by atoms with E-state index in [1.807, 2.05) is 13.8 Å². The van der Waals surface area contributed by atoms with Crippen molar-refractivity contribution in [3.05, 3.63) is 17.5 Å². The summed E-state index contributed by atoms with van der Waals surface area (Å²) in [6.45, 7) is 5.89. The van der Waals surface area contributed by atoms with Crippen molar-refractivity contribution < 1.29 is 14.1 Å². The van der Waals surface area contributed by atoms with E-state index < -0.39 is 12.1 Å². The van der Waals surface area contributed by atoms with Gasteiger partial charge in [0.15, 0.2) is 0 Å². The summed E-state index contributed by atoms with van der Waals surface area (Å²) in [4.78, 5) is 25.9. The lowest BCUT2D eigenvalue weighted by Crippen LogP contribution is -2.62. The highest BCUT2D eigenvalue weighted by molar-refractivity contribution is 5.96. The molecule has 1 N–H and O–H groups in total. The van der Waals surface area contributed by atoms with Crippen molar-refractivity contribution in [2.75, 3.05) is 0 Å². The van der Waals surface area contributed by atoms with Gasteiger partial charge in [-0.1, -0.05) is 19.0 Å². The number of nitrogens with zero attached hydrogens (tertiary/aromatic N) is 2. The van der Waals surface area contributed by atoms with E-state index in [4.69, 9.17) is 4.52 Å². The van der Waals surface area contributed by atoms with Crippen LogP contribution in [0.5, 0.6) is 0 Å². The monoisotopic (exact) mass is 265 g/mol. The Labute approximate surface area is 112 Å². The van der Waals surface area contributed by atoms with Crippen molar-refractivity contribution >= 4 is 11.8 Å². The van der Waals surface area contributed by atoms with Crippen molar-refractivity contribution in [2.24, 2.45) is 0 Å². The molecule has 1 fully saturated rings. The van der Waals surface area contributed by atoms with Crippen molar-refractivity contribution in [2.45, 2.75) is 52.2 Å². The number of rotatable bonds is 4. The highest BCUT2D eigenvalue weighted by Gasteiger charge is 2.38. The Hall–Kier alpha value is -1.85. The predicted molar refractivity (Wildman–Crippen MR) is 68.1 cm³/mol. The van der Waals surface area contributed by atoms with Gasteiger partial charge in [-0.05, 0) is 19.8 Å². The maximum Gasteiger partial charge on any atom is 0.246 e. The van der Waals surface area contributed by atoms with E-state index in [1.165, 1.54) is 0 Å². The van der Waals surface area contributed by atoms with Crippen LogP contribution >= 0.6 is 0 Å². The first kappa shape index (κ1) is 13.6. The number of carbonyl (C=O) groups is 2. The molecule has 0 aromatic carbocycles. The topological polar surface area (TPSA) is 75.4 Å². The van der Waals surface area contributed by atoms with Crippen LogP contribution in [0.15, 0.2) is 10.6 Å². The summed E-state index contributed by atoms with van der Waals surface area (Å²) < 4.78 is 5.00. The Kier molecular flexibility index (Phi) is 3.87. The molecule has 6 nitrogen and oxygen atoms in total. The minimum absolute atomic E-state index is 0.0467. The lowest BCUT2D eigenvalue weighted by atomic mass is 10.0. The van der Waals surface area contributed by atoms with E-state index in [-0.39, 0.29) is 11.8 Å². The Bertz CT molecular complexity index is 483. The first-order valence-corrected chi connectivity index (χ1v) is 6.59. The maximum absolute atomic E-state index is 12.3. The maximum atomic E-state index is 12.3. The number of amides is 2. The molecule has 2 atom stereocenters. The van der Waals surface area contributed by atoms with Crippen LogP contribution in [0.3, 0.4) is 0 Å². The molecule has 0 spiro atoms. The second kappa shape index (κ2) is 5.42. The minimum Gasteiger partial charge on any atom is -0.361 e. The average molecular weight is 265 g/mol. The van der Waals surface area contributed by atoms with Crippen LogP contribution in [0.2, 0.25) is 0 Å². The molecule has 1 saturated heterocycles. The van der Waals surface area contributed by atoms with Gasteiger partial charge in [0, 0.05) is 6.07 Å². The molecular weight excluding hydrogens is 246 g/mol. The van der Waals surface area contributed by atoms with Gasteiger partial charge in [0.25, 0.3) is 0 Å². The van der Waals surface area contributed by atoms with Crippen LogP contribution in [-0.4, -0.2) is 34.0 Å². The lowest BCUT2D eigenvalue weighted by molar-refractivity contribution is -0.150. The molecule has 1 aliphatic rings. The quantitative estimate of drug-likeness (QED) is 0.881. The van der Waals surface area contributed by atoms with Crippen LogP contribution < -0.4 is 5.32 Å². The molecule has 2 heterocycles. The van der Waals surface area contributed by atoms with Gasteiger partial charge in [-0.2, -0.15) is 0 Å². The Morgan fingerprint density at radius 3 is 2.63 bits per heavy atom. The van der Waals surface area contributed by atoms with E-state index >= 15 is 0 Å². The largest absolute Gasteiger partial charge is 0.361 e. The summed E-state index contributed by atoms with van der Waals surface area (Å²) in [5, 5.41) is 6.65. The molecule has 0 saturated carbocycles. The summed E-state index contributed by atoms with van der Waals surface area (Å²) in [5.41, 5.74) is 0.675. The van der Waals surface area contributed by atoms with Gasteiger partial charge in [0.1, 0.15) is 23.5 Å². The fourth-order valence-corrected chi connectivity index (χ4v) is 2.36. The van der Waals surface area contributed by atoms with E-state index in [1.54, 1.807) is 17.9 Å². The fourth-order valence-electron chi connectivity index (χ4n) is 2.36. The van der Waals surface area contributed by atoms with Crippen molar-refractivity contribution in [1.82, 2.24) is 15.4 Å². The molecule has 1 aliphatic heterocycles. The molecule has 0 radical (unpaired) electrons. The summed E-state index contributed by atoms with van der Waals surface area (Å²) in [5.74, 6) is 0.563. The fraction of sp³-hybridized carbons (Fsp3) is 0.615. The summed E-state index contributed by atoms with van der Waals surface area (Å²) in [6.07, 6.45) is 1.18. The van der Waals surface area contributed by atoms with Gasteiger partial charge >= 0.3 is 0 Å². The molecule has 2 unspecified atom stereocenters. The second-order valence-corrected chi connectivity index (χ2v) is 4.79. The standard InChI is InChI=1S/C13H19N3O3/c1-4-10-13(18)16(11(5-2)12(17)14-10)7-9-6-8(3)19-15-9/h6,10-11H,4-5,7H2,1-3H3,(H,14,17). The molecule has 1 aromatic rings. The number of aromatic nitrogens is 1. The van der Waals surface area contributed by atoms with Gasteiger partial charge in [0.05, 0.1) is 6.54 Å². The molecule has 1 aromatic heterocycles. The van der Waals surface area contributed by atoms with Crippen LogP contribution in [0.1, 0.15) is 38.1 Å². The third-order valence-corrected chi connectivity index (χ3v) is 3.38. The van der Waals surface area contributed by atoms with Gasteiger partial charge in [0.2, 0.25) is 11.8 Å². The summed E-state index contributed by atoms with van der Waals surface area (Å²) in [6, 6.07) is 0.934. The van der Waals surface area contributed by atoms with Gasteiger partial charge in [-0.15, -0.1) is 0 Å². The van der Waals surface area contributed by atoms with Crippen LogP contribution in [0.25, 0.3) is 0 Å². The summed E-state index contributed by atoms with van der Waals surface area (Å²) in [7, 11) is 0. The molecule has 104 valence electrons. The van der Waals surface area contributed by atoms with Crippen LogP contribution in [-0.2, 0) is 16.1 Å². The van der Waals surface area contributed by atoms with Gasteiger partial charge in [-0.25, -0.2) is 0 Å². The molecule has 2 rings (SSSR count). The number of piperazine rings is 1. The van der Waals surface area contributed by atoms with Gasteiger partial charge in [-0.3, -0.25) is 9.59 Å². The third-order valence-electron chi connectivity index (χ3n) is 3.38. The van der Waals surface area contributed by atoms with E-state index in [2.05, 4.69) is 10.5 Å². The molecule has 19 heavy (non-hydrogen) atoms. The van der Waals surface area contributed by atoms with E-state index in [9.17, 15) is 9.59 Å². The highest BCUT2D eigenvalue weighted by atomic mass is 16.5. The smallest absolute Gasteiger partial charge is 0.246 e. The van der Waals surface area contributed by atoms with Crippen molar-refractivity contribution in [3.63, 3.8) is 0 Å². The number of hydrogen-bond donors (Lipinski definition) is 1. The third kappa shape index (κ3) is 2.62. The number of carbonyl (C=O) groups excluding carboxylic acids is 2. The molecule has 0 bridgehead atoms. The van der Waals surface area contributed by atoms with Crippen LogP contribution in [0.4, 0.5) is 0 Å². The zero-order valence-corrected chi connectivity index (χ0v) is 11.5. The number of aryl methyl sites for hydroxylation is 1. The lowest BCUT2D eigenvalue weighted by Gasteiger charge is -2.37. The molecular formula is C13H19N3O3. The minimum atomic E-state index is -0.428. The zero-order valence-electron chi connectivity index (χ0n) is 11.5. The van der Waals surface area contributed by atoms with E-state index in [0.29, 0.717) is 30.8 Å². The summed E-state index contributed by atoms with van der Waals surface area (Å²) >= 11 is 0. The second-order valence-electron chi connectivity index (χ2n) is 4.79. The molecule has 6 heteroatoms. The van der Waals surface area contributed by atoms with Crippen LogP contribution in [0, 0.1) is 6.92 Å². The first-order valence-electron chi connectivity index (χ1n) is 6.59. The molecule has 2 amide bonds. The van der Waals surface area contributed by atoms with Crippen molar-refractivity contribution in [1.29, 1.82) is 0 Å². The predicted octanol–water partition coefficient (Wildman–Crippen LogP) is 0.999. The average Bonchev–Trinajstić information content (AvgIpc) is 2.79.